The lowest BCUT2D eigenvalue weighted by atomic mass is 9.87. The van der Waals surface area contributed by atoms with E-state index in [2.05, 4.69) is 5.32 Å². The van der Waals surface area contributed by atoms with E-state index in [0.29, 0.717) is 25.8 Å². The van der Waals surface area contributed by atoms with Crippen LogP contribution in [0.2, 0.25) is 0 Å². The molecule has 0 aromatic heterocycles. The molecule has 1 unspecified atom stereocenters. The van der Waals surface area contributed by atoms with Crippen molar-refractivity contribution in [1.82, 2.24) is 10.2 Å². The Labute approximate surface area is 207 Å². The van der Waals surface area contributed by atoms with Crippen LogP contribution in [-0.4, -0.2) is 42.1 Å². The molecule has 0 saturated carbocycles. The normalized spacial score (nSPS) is 12.5. The van der Waals surface area contributed by atoms with Gasteiger partial charge in [-0.2, -0.15) is 0 Å². The number of nitrogens with zero attached hydrogens (tertiary/aromatic N) is 1. The molecule has 0 aliphatic carbocycles. The summed E-state index contributed by atoms with van der Waals surface area (Å²) in [6.45, 7) is 9.77. The monoisotopic (exact) mass is 488 g/mol. The maximum Gasteiger partial charge on any atom is 0.410 e. The van der Waals surface area contributed by atoms with Gasteiger partial charge in [0.15, 0.2) is 0 Å². The highest BCUT2D eigenvalue weighted by molar-refractivity contribution is 5.85. The fraction of sp³-hybridized carbons (Fsp3) is 0.500. The first-order valence-electron chi connectivity index (χ1n) is 12.1. The minimum Gasteiger partial charge on any atom is -0.444 e. The van der Waals surface area contributed by atoms with Crippen molar-refractivity contribution in [3.8, 4) is 0 Å². The Morgan fingerprint density at radius 1 is 0.943 bits per heavy atom. The highest BCUT2D eigenvalue weighted by atomic mass is 19.1. The van der Waals surface area contributed by atoms with Gasteiger partial charge in [-0.1, -0.05) is 38.1 Å². The number of carbonyl (C=O) groups is 2. The van der Waals surface area contributed by atoms with Crippen LogP contribution in [0.3, 0.4) is 0 Å². The molecule has 0 bridgehead atoms. The molecule has 35 heavy (non-hydrogen) atoms. The molecule has 0 radical (unpaired) electrons. The molecule has 2 rings (SSSR count). The summed E-state index contributed by atoms with van der Waals surface area (Å²) in [6, 6.07) is 11.9. The van der Waals surface area contributed by atoms with Gasteiger partial charge in [-0.05, 0) is 81.3 Å². The summed E-state index contributed by atoms with van der Waals surface area (Å²) >= 11 is 0. The molecule has 0 spiro atoms. The van der Waals surface area contributed by atoms with Crippen molar-refractivity contribution >= 4 is 12.0 Å². The number of amides is 2. The lowest BCUT2D eigenvalue weighted by Gasteiger charge is -2.31. The largest absolute Gasteiger partial charge is 0.444 e. The average molecular weight is 489 g/mol. The summed E-state index contributed by atoms with van der Waals surface area (Å²) in [5, 5.41) is 2.95. The number of ether oxygens (including phenoxy) is 1. The van der Waals surface area contributed by atoms with Gasteiger partial charge in [-0.25, -0.2) is 13.6 Å². The van der Waals surface area contributed by atoms with Gasteiger partial charge >= 0.3 is 6.09 Å². The molecule has 1 atom stereocenters. The van der Waals surface area contributed by atoms with Crippen LogP contribution in [-0.2, 0) is 9.53 Å². The standard InChI is InChI=1S/C28H38F2N2O3/c1-19(2)18-25(32(6)27(34)35-28(3,4)5)26(33)31-17-7-8-24(20-9-13-22(29)14-10-20)21-11-15-23(30)16-12-21/h9-16,19,24-25H,7-8,17-18H2,1-6H3,(H,31,33). The number of benzene rings is 2. The van der Waals surface area contributed by atoms with Crippen LogP contribution in [0.1, 0.15) is 70.9 Å². The van der Waals surface area contributed by atoms with E-state index < -0.39 is 17.7 Å². The van der Waals surface area contributed by atoms with Gasteiger partial charge in [0, 0.05) is 19.5 Å². The third kappa shape index (κ3) is 9.30. The molecule has 0 heterocycles. The molecular formula is C28H38F2N2O3. The highest BCUT2D eigenvalue weighted by Gasteiger charge is 2.30. The second kappa shape index (κ2) is 12.7. The summed E-state index contributed by atoms with van der Waals surface area (Å²) in [4.78, 5) is 26.9. The Morgan fingerprint density at radius 2 is 1.43 bits per heavy atom. The van der Waals surface area contributed by atoms with Gasteiger partial charge in [0.2, 0.25) is 5.91 Å². The van der Waals surface area contributed by atoms with E-state index >= 15 is 0 Å². The topological polar surface area (TPSA) is 58.6 Å². The molecule has 2 amide bonds. The average Bonchev–Trinajstić information content (AvgIpc) is 2.77. The maximum absolute atomic E-state index is 13.4. The van der Waals surface area contributed by atoms with Crippen molar-refractivity contribution in [3.05, 3.63) is 71.3 Å². The van der Waals surface area contributed by atoms with E-state index in [1.807, 2.05) is 13.8 Å². The molecule has 5 nitrogen and oxygen atoms in total. The summed E-state index contributed by atoms with van der Waals surface area (Å²) in [7, 11) is 1.58. The first-order valence-corrected chi connectivity index (χ1v) is 12.1. The van der Waals surface area contributed by atoms with E-state index in [9.17, 15) is 18.4 Å². The predicted molar refractivity (Wildman–Crippen MR) is 134 cm³/mol. The fourth-order valence-electron chi connectivity index (χ4n) is 3.90. The molecule has 0 aliphatic heterocycles. The predicted octanol–water partition coefficient (Wildman–Crippen LogP) is 6.27. The quantitative estimate of drug-likeness (QED) is 0.401. The minimum absolute atomic E-state index is 0.0657. The summed E-state index contributed by atoms with van der Waals surface area (Å²) in [5.74, 6) is -0.721. The van der Waals surface area contributed by atoms with Crippen molar-refractivity contribution in [2.75, 3.05) is 13.6 Å². The van der Waals surface area contributed by atoms with Gasteiger partial charge in [0.1, 0.15) is 23.3 Å². The SMILES string of the molecule is CC(C)CC(C(=O)NCCCC(c1ccc(F)cc1)c1ccc(F)cc1)N(C)C(=O)OC(C)(C)C. The minimum atomic E-state index is -0.653. The van der Waals surface area contributed by atoms with Gasteiger partial charge in [-0.3, -0.25) is 9.69 Å². The Kier molecular flexibility index (Phi) is 10.2. The number of nitrogens with one attached hydrogen (secondary N) is 1. The van der Waals surface area contributed by atoms with Crippen LogP contribution < -0.4 is 5.32 Å². The highest BCUT2D eigenvalue weighted by Crippen LogP contribution is 2.29. The first-order chi connectivity index (χ1) is 16.4. The second-order valence-corrected chi connectivity index (χ2v) is 10.3. The van der Waals surface area contributed by atoms with E-state index in [1.54, 1.807) is 52.1 Å². The number of likely N-dealkylation sites (N-methyl/N-ethyl adjacent to an activating group) is 1. The van der Waals surface area contributed by atoms with Crippen molar-refractivity contribution in [3.63, 3.8) is 0 Å². The molecule has 0 saturated heterocycles. The van der Waals surface area contributed by atoms with Crippen molar-refractivity contribution in [1.29, 1.82) is 0 Å². The van der Waals surface area contributed by atoms with Crippen LogP contribution in [0.15, 0.2) is 48.5 Å². The van der Waals surface area contributed by atoms with Gasteiger partial charge in [-0.15, -0.1) is 0 Å². The molecule has 0 fully saturated rings. The second-order valence-electron chi connectivity index (χ2n) is 10.3. The third-order valence-electron chi connectivity index (χ3n) is 5.66. The molecule has 2 aromatic carbocycles. The Bertz CT molecular complexity index is 908. The van der Waals surface area contributed by atoms with Crippen LogP contribution in [0.5, 0.6) is 0 Å². The zero-order chi connectivity index (χ0) is 26.2. The number of hydrogen-bond donors (Lipinski definition) is 1. The van der Waals surface area contributed by atoms with Crippen molar-refractivity contribution < 1.29 is 23.1 Å². The number of carbonyl (C=O) groups excluding carboxylic acids is 2. The smallest absolute Gasteiger partial charge is 0.410 e. The van der Waals surface area contributed by atoms with Crippen molar-refractivity contribution in [2.45, 2.75) is 71.4 Å². The van der Waals surface area contributed by atoms with Crippen LogP contribution in [0.4, 0.5) is 13.6 Å². The van der Waals surface area contributed by atoms with Crippen molar-refractivity contribution in [2.24, 2.45) is 5.92 Å². The molecule has 2 aromatic rings. The van der Waals surface area contributed by atoms with Gasteiger partial charge < -0.3 is 10.1 Å². The molecule has 0 aliphatic rings. The summed E-state index contributed by atoms with van der Waals surface area (Å²) in [6.07, 6.45) is 1.30. The van der Waals surface area contributed by atoms with E-state index in [1.165, 1.54) is 29.2 Å². The third-order valence-corrected chi connectivity index (χ3v) is 5.66. The number of halogens is 2. The Balaban J connectivity index is 2.04. The molecule has 1 N–H and O–H groups in total. The summed E-state index contributed by atoms with van der Waals surface area (Å²) < 4.78 is 32.3. The van der Waals surface area contributed by atoms with Crippen LogP contribution >= 0.6 is 0 Å². The lowest BCUT2D eigenvalue weighted by molar-refractivity contribution is -0.126. The fourth-order valence-corrected chi connectivity index (χ4v) is 3.90. The van der Waals surface area contributed by atoms with Gasteiger partial charge in [0.05, 0.1) is 0 Å². The Morgan fingerprint density at radius 3 is 1.86 bits per heavy atom. The Hall–Kier alpha value is -2.96. The van der Waals surface area contributed by atoms with Crippen LogP contribution in [0, 0.1) is 17.6 Å². The molecular weight excluding hydrogens is 450 g/mol. The van der Waals surface area contributed by atoms with E-state index in [-0.39, 0.29) is 29.4 Å². The van der Waals surface area contributed by atoms with E-state index in [4.69, 9.17) is 4.74 Å². The molecule has 7 heteroatoms. The zero-order valence-electron chi connectivity index (χ0n) is 21.6. The maximum atomic E-state index is 13.4. The summed E-state index contributed by atoms with van der Waals surface area (Å²) in [5.41, 5.74) is 1.19. The van der Waals surface area contributed by atoms with Gasteiger partial charge in [0.25, 0.3) is 0 Å². The van der Waals surface area contributed by atoms with Crippen LogP contribution in [0.25, 0.3) is 0 Å². The van der Waals surface area contributed by atoms with E-state index in [0.717, 1.165) is 11.1 Å². The lowest BCUT2D eigenvalue weighted by Crippen LogP contribution is -2.49. The first kappa shape index (κ1) is 28.3. The number of rotatable bonds is 10. The zero-order valence-corrected chi connectivity index (χ0v) is 21.6. The number of hydrogen-bond acceptors (Lipinski definition) is 3. The molecule has 192 valence electrons.